The first kappa shape index (κ1) is 124. The highest BCUT2D eigenvalue weighted by molar-refractivity contribution is 9.10. The summed E-state index contributed by atoms with van der Waals surface area (Å²) in [6.07, 6.45) is 3.42. The number of hydrogen-bond acceptors (Lipinski definition) is 28. The Bertz CT molecular complexity index is 5000. The van der Waals surface area contributed by atoms with Gasteiger partial charge in [0.25, 0.3) is 0 Å². The van der Waals surface area contributed by atoms with Crippen molar-refractivity contribution >= 4 is 123 Å². The average Bonchev–Trinajstić information content (AvgIpc) is 1.61. The van der Waals surface area contributed by atoms with Crippen molar-refractivity contribution in [1.82, 2.24) is 93.8 Å². The number of likely N-dealkylation sites (tertiary alicyclic amines) is 2. The van der Waals surface area contributed by atoms with E-state index in [4.69, 9.17) is 66.9 Å². The van der Waals surface area contributed by atoms with Gasteiger partial charge in [-0.05, 0) is 156 Å². The lowest BCUT2D eigenvalue weighted by molar-refractivity contribution is -0.145. The number of aliphatic hydroxyl groups excluding tert-OH is 1. The molecule has 0 unspecified atom stereocenters. The van der Waals surface area contributed by atoms with E-state index in [0.717, 1.165) is 31.6 Å². The molecule has 3 aromatic carbocycles. The molecule has 2 fully saturated rings. The monoisotopic (exact) mass is 2170 g/mol. The number of rotatable bonds is 72. The molecule has 0 radical (unpaired) electrons. The number of hydrogen-bond donors (Lipinski definition) is 22. The summed E-state index contributed by atoms with van der Waals surface area (Å²) in [6, 6.07) is 7.59. The van der Waals surface area contributed by atoms with E-state index in [0.29, 0.717) is 70.9 Å². The lowest BCUT2D eigenvalue weighted by Crippen LogP contribution is -2.62. The maximum Gasteiger partial charge on any atom is 0.407 e. The van der Waals surface area contributed by atoms with Crippen LogP contribution in [0.2, 0.25) is 0 Å². The van der Waals surface area contributed by atoms with Gasteiger partial charge in [0.2, 0.25) is 82.7 Å². The van der Waals surface area contributed by atoms with Crippen molar-refractivity contribution in [2.75, 3.05) is 145 Å². The van der Waals surface area contributed by atoms with Crippen molar-refractivity contribution < 1.29 is 120 Å². The number of primary amides is 1. The van der Waals surface area contributed by atoms with Gasteiger partial charge in [-0.2, -0.15) is 0 Å². The first-order valence-electron chi connectivity index (χ1n) is 51.0. The third-order valence-corrected chi connectivity index (χ3v) is 25.6. The second-order valence-electron chi connectivity index (χ2n) is 37.6. The molecule has 0 spiro atoms. The Kier molecular flexibility index (Phi) is 54.9. The molecular formula is C100H153BrN24O25. The number of benzene rings is 3. The summed E-state index contributed by atoms with van der Waals surface area (Å²) < 4.78 is 39.8. The van der Waals surface area contributed by atoms with Gasteiger partial charge in [0.05, 0.1) is 104 Å². The van der Waals surface area contributed by atoms with Crippen molar-refractivity contribution in [3.63, 3.8) is 0 Å². The SMILES string of the molecule is CCCC[C@H](NC(=O)[C@@H]1CCCN1C(=O)CNC(=O)[C@H](CCCCN)NC(=O)[C@H](Cc1c[nH]cn1)NC(=O)[C@H](CO)NC(=O)[C@H](CC(C)C)N(C)C(=O)[C@H](CCCNC(=N)N)NC(=O)[C@@H]1CCCN1C(=O)[C@H](CCCNC(=N)N)NC(=O)[C@H](CCC(N)=O)NC(=O)CCOCCOCCOCCOCCOCCOCCNC(=O)OCC1c2ccccc2-c2ccccc21)C(=O)NC(C)(C)C(=O)N[C@@H](Cc1ccc(Br)cc1)C(=O)O. The van der Waals surface area contributed by atoms with Crippen LogP contribution < -0.4 is 92.1 Å². The molecule has 2 aliphatic heterocycles. The number of amides is 15. The standard InChI is InChI=1S/C100H153BrN24O25/c1-7-8-23-72(89(134)122-100(4,5)96(142)121-77(95(140)141)55-63-29-31-64(101)32-30-63)116-90(135)79-27-17-40-124(79)84(129)58-112-85(130)71(24-13-14-36-102)115-87(132)76(56-65-57-108-61-113-65)119-88(133)78(59-126)120-92(137)81(54-62(2)3)123(6)93(138)74(25-15-37-109-97(104)105)118-91(136)80-28-18-41-125(80)94(139)75(26-16-38-110-98(106)107)117-86(131)73(33-34-82(103)127)114-83(128)35-42-144-44-46-146-48-50-148-52-53-149-51-49-147-47-45-145-43-39-111-99(143)150-60-70-68-21-11-9-19-66(68)67-20-10-12-22-69(67)70/h9-12,19-22,29-32,57,61-62,70-81,126H,7-8,13-18,23-28,33-56,58-60,102H2,1-6H3,(H2,103,127)(H,108,113)(H,111,143)(H,112,130)(H,114,128)(H,115,132)(H,116,135)(H,117,131)(H,118,136)(H,119,133)(H,120,137)(H,121,142)(H,122,134)(H,140,141)(H4,104,105,109)(H4,106,107,110)/t71-,72-,73-,74-,75-,76-,77-,78-,79-,80-,81-/m0/s1. The molecule has 49 nitrogen and oxygen atoms in total. The number of fused-ring (bicyclic) bond motifs is 3. The molecule has 4 aromatic rings. The number of aliphatic carboxylic acids is 1. The zero-order chi connectivity index (χ0) is 110. The van der Waals surface area contributed by atoms with Gasteiger partial charge in [-0.15, -0.1) is 0 Å². The molecule has 26 N–H and O–H groups in total. The van der Waals surface area contributed by atoms with Crippen LogP contribution in [-0.4, -0.2) is 359 Å². The lowest BCUT2D eigenvalue weighted by Gasteiger charge is -2.34. The first-order chi connectivity index (χ1) is 71.8. The van der Waals surface area contributed by atoms with Gasteiger partial charge in [0.15, 0.2) is 11.9 Å². The number of unbranched alkanes of at least 4 members (excludes halogenated alkanes) is 2. The molecule has 1 aromatic heterocycles. The average molecular weight is 2170 g/mol. The Labute approximate surface area is 881 Å². The second-order valence-corrected chi connectivity index (χ2v) is 38.5. The number of nitrogens with one attached hydrogen (secondary N) is 16. The Hall–Kier alpha value is -13.1. The number of imidazole rings is 1. The van der Waals surface area contributed by atoms with E-state index < -0.39 is 186 Å². The fraction of sp³-hybridized carbons (Fsp3) is 0.610. The molecule has 0 saturated carbocycles. The number of carbonyl (C=O) groups excluding carboxylic acids is 15. The Morgan fingerprint density at radius 3 is 1.60 bits per heavy atom. The van der Waals surface area contributed by atoms with Crippen molar-refractivity contribution in [2.45, 2.75) is 241 Å². The number of likely N-dealkylation sites (N-methyl/N-ethyl adjacent to an activating group) is 1. The van der Waals surface area contributed by atoms with E-state index >= 15 is 4.79 Å². The number of carboxylic acids is 1. The number of aromatic nitrogens is 2. The number of nitrogens with two attached hydrogens (primary N) is 4. The number of guanidine groups is 2. The summed E-state index contributed by atoms with van der Waals surface area (Å²) >= 11 is 3.34. The van der Waals surface area contributed by atoms with Gasteiger partial charge < -0.3 is 155 Å². The number of aliphatic hydroxyl groups is 1. The summed E-state index contributed by atoms with van der Waals surface area (Å²) in [6.45, 7) is 10.0. The zero-order valence-electron chi connectivity index (χ0n) is 86.3. The van der Waals surface area contributed by atoms with Gasteiger partial charge in [-0.3, -0.25) is 77.9 Å². The molecule has 0 bridgehead atoms. The number of nitrogens with zero attached hydrogens (tertiary/aromatic N) is 4. The van der Waals surface area contributed by atoms with Crippen LogP contribution in [0, 0.1) is 16.7 Å². The number of alkyl carbamates (subject to hydrolysis) is 1. The number of aromatic amines is 1. The molecule has 1 aliphatic carbocycles. The van der Waals surface area contributed by atoms with Crippen molar-refractivity contribution in [2.24, 2.45) is 28.9 Å². The van der Waals surface area contributed by atoms with Gasteiger partial charge in [-0.25, -0.2) is 14.6 Å². The van der Waals surface area contributed by atoms with Gasteiger partial charge in [0, 0.05) is 82.0 Å². The van der Waals surface area contributed by atoms with Crippen LogP contribution in [0.1, 0.15) is 178 Å². The van der Waals surface area contributed by atoms with E-state index in [1.165, 1.54) is 43.2 Å². The second kappa shape index (κ2) is 66.5. The van der Waals surface area contributed by atoms with E-state index in [2.05, 4.69) is 119 Å². The fourth-order valence-electron chi connectivity index (χ4n) is 17.1. The topological polar surface area (TPSA) is 725 Å². The molecular weight excluding hydrogens is 2020 g/mol. The maximum atomic E-state index is 15.1. The molecule has 3 heterocycles. The summed E-state index contributed by atoms with van der Waals surface area (Å²) in [5, 5.41) is 70.7. The molecule has 830 valence electrons. The number of carbonyl (C=O) groups is 16. The highest BCUT2D eigenvalue weighted by Gasteiger charge is 2.44. The number of ether oxygens (including phenoxy) is 7. The van der Waals surface area contributed by atoms with Gasteiger partial charge in [-0.1, -0.05) is 110 Å². The minimum absolute atomic E-state index is 0.0203. The van der Waals surface area contributed by atoms with Crippen LogP contribution in [-0.2, 0) is 118 Å². The Morgan fingerprint density at radius 1 is 0.540 bits per heavy atom. The summed E-state index contributed by atoms with van der Waals surface area (Å²) in [7, 11) is 1.28. The first-order valence-corrected chi connectivity index (χ1v) is 51.8. The quantitative estimate of drug-likeness (QED) is 0.0142. The van der Waals surface area contributed by atoms with Crippen LogP contribution >= 0.6 is 15.9 Å². The van der Waals surface area contributed by atoms with Gasteiger partial charge >= 0.3 is 12.1 Å². The van der Waals surface area contributed by atoms with Crippen LogP contribution in [0.25, 0.3) is 11.1 Å². The molecule has 15 amide bonds. The molecule has 11 atom stereocenters. The highest BCUT2D eigenvalue weighted by Crippen LogP contribution is 2.44. The normalized spacial score (nSPS) is 15.5. The van der Waals surface area contributed by atoms with E-state index in [-0.39, 0.29) is 212 Å². The maximum absolute atomic E-state index is 15.1. The molecule has 50 heteroatoms. The third kappa shape index (κ3) is 43.1. The smallest absolute Gasteiger partial charge is 0.407 e. The number of H-pyrrole nitrogens is 1. The summed E-state index contributed by atoms with van der Waals surface area (Å²) in [4.78, 5) is 235. The molecule has 7 rings (SSSR count). The minimum atomic E-state index is -1.83. The largest absolute Gasteiger partial charge is 0.480 e. The van der Waals surface area contributed by atoms with E-state index in [9.17, 15) is 82.1 Å². The molecule has 3 aliphatic rings. The third-order valence-electron chi connectivity index (χ3n) is 25.1. The van der Waals surface area contributed by atoms with Crippen molar-refractivity contribution in [3.8, 4) is 11.1 Å². The molecule has 2 saturated heterocycles. The zero-order valence-corrected chi connectivity index (χ0v) is 87.9. The van der Waals surface area contributed by atoms with Crippen LogP contribution in [0.4, 0.5) is 4.79 Å². The molecule has 150 heavy (non-hydrogen) atoms. The Balaban J connectivity index is 0.885. The predicted molar refractivity (Wildman–Crippen MR) is 553 cm³/mol. The highest BCUT2D eigenvalue weighted by atomic mass is 79.9. The fourth-order valence-corrected chi connectivity index (χ4v) is 17.3. The van der Waals surface area contributed by atoms with Crippen LogP contribution in [0.5, 0.6) is 0 Å². The number of halogens is 1. The van der Waals surface area contributed by atoms with Gasteiger partial charge in [0.1, 0.15) is 78.6 Å². The Morgan fingerprint density at radius 2 is 1.05 bits per heavy atom. The number of carboxylic acid groups (broad SMARTS) is 1. The van der Waals surface area contributed by atoms with Crippen molar-refractivity contribution in [1.29, 1.82) is 10.8 Å². The lowest BCUT2D eigenvalue weighted by atomic mass is 9.98. The van der Waals surface area contributed by atoms with Crippen LogP contribution in [0.15, 0.2) is 89.8 Å². The van der Waals surface area contributed by atoms with Crippen LogP contribution in [0.3, 0.4) is 0 Å². The minimum Gasteiger partial charge on any atom is -0.480 e. The van der Waals surface area contributed by atoms with E-state index in [1.54, 1.807) is 38.1 Å². The predicted octanol–water partition coefficient (Wildman–Crippen LogP) is -1.08. The summed E-state index contributed by atoms with van der Waals surface area (Å²) in [5.74, 6) is -14.1. The van der Waals surface area contributed by atoms with Crippen molar-refractivity contribution in [3.05, 3.63) is 112 Å². The van der Waals surface area contributed by atoms with E-state index in [1.807, 2.05) is 31.2 Å². The summed E-state index contributed by atoms with van der Waals surface area (Å²) in [5.41, 5.74) is 26.3.